The highest BCUT2D eigenvalue weighted by Crippen LogP contribution is 2.25. The Hall–Kier alpha value is -2.14. The molecule has 1 unspecified atom stereocenters. The molecule has 0 aliphatic rings. The van der Waals surface area contributed by atoms with Crippen LogP contribution in [0.5, 0.6) is 0 Å². The Morgan fingerprint density at radius 1 is 1.18 bits per heavy atom. The lowest BCUT2D eigenvalue weighted by molar-refractivity contribution is 0.239. The molecule has 1 aromatic carbocycles. The first kappa shape index (κ1) is 16.2. The van der Waals surface area contributed by atoms with Crippen molar-refractivity contribution < 1.29 is 9.18 Å². The van der Waals surface area contributed by atoms with Crippen LogP contribution in [0, 0.1) is 0 Å². The highest BCUT2D eigenvalue weighted by atomic mass is 35.5. The highest BCUT2D eigenvalue weighted by Gasteiger charge is 2.15. The van der Waals surface area contributed by atoms with Crippen molar-refractivity contribution in [2.75, 3.05) is 19.8 Å². The summed E-state index contributed by atoms with van der Waals surface area (Å²) in [6.07, 6.45) is 3.41. The number of amides is 2. The molecular formula is C16H17ClFN3O. The number of hydrogen-bond donors (Lipinski definition) is 2. The number of carbonyl (C=O) groups is 1. The van der Waals surface area contributed by atoms with E-state index in [-0.39, 0.29) is 12.5 Å². The number of nitrogens with one attached hydrogen (secondary N) is 2. The van der Waals surface area contributed by atoms with Gasteiger partial charge >= 0.3 is 6.03 Å². The molecule has 0 saturated carbocycles. The third-order valence-electron chi connectivity index (χ3n) is 3.21. The zero-order valence-electron chi connectivity index (χ0n) is 11.9. The molecular weight excluding hydrogens is 305 g/mol. The van der Waals surface area contributed by atoms with E-state index < -0.39 is 12.7 Å². The second-order valence-corrected chi connectivity index (χ2v) is 5.15. The Bertz CT molecular complexity index is 609. The minimum atomic E-state index is -0.588. The van der Waals surface area contributed by atoms with Crippen LogP contribution in [-0.2, 0) is 0 Å². The number of aromatic nitrogens is 1. The number of halogens is 2. The number of rotatable bonds is 6. The van der Waals surface area contributed by atoms with Gasteiger partial charge in [0.25, 0.3) is 0 Å². The third kappa shape index (κ3) is 4.70. The first-order valence-electron chi connectivity index (χ1n) is 6.93. The van der Waals surface area contributed by atoms with Gasteiger partial charge in [0.15, 0.2) is 0 Å². The summed E-state index contributed by atoms with van der Waals surface area (Å²) in [5, 5.41) is 5.83. The van der Waals surface area contributed by atoms with Gasteiger partial charge in [-0.25, -0.2) is 9.18 Å². The summed E-state index contributed by atoms with van der Waals surface area (Å²) in [5.74, 6) is -0.0576. The van der Waals surface area contributed by atoms with Gasteiger partial charge in [-0.1, -0.05) is 23.7 Å². The number of pyridine rings is 1. The van der Waals surface area contributed by atoms with Crippen molar-refractivity contribution in [3.8, 4) is 0 Å². The number of nitrogens with zero attached hydrogens (tertiary/aromatic N) is 1. The number of urea groups is 1. The summed E-state index contributed by atoms with van der Waals surface area (Å²) < 4.78 is 12.1. The molecule has 6 heteroatoms. The molecule has 0 bridgehead atoms. The topological polar surface area (TPSA) is 54.0 Å². The van der Waals surface area contributed by atoms with Gasteiger partial charge < -0.3 is 10.6 Å². The number of hydrogen-bond acceptors (Lipinski definition) is 2. The van der Waals surface area contributed by atoms with E-state index in [0.29, 0.717) is 11.6 Å². The van der Waals surface area contributed by atoms with E-state index in [0.717, 1.165) is 11.1 Å². The Balaban J connectivity index is 2.14. The van der Waals surface area contributed by atoms with Gasteiger partial charge in [-0.3, -0.25) is 4.98 Å². The predicted octanol–water partition coefficient (Wildman–Crippen LogP) is 3.14. The van der Waals surface area contributed by atoms with Crippen molar-refractivity contribution >= 4 is 17.6 Å². The Kier molecular flexibility index (Phi) is 6.15. The highest BCUT2D eigenvalue weighted by molar-refractivity contribution is 6.30. The van der Waals surface area contributed by atoms with E-state index >= 15 is 0 Å². The quantitative estimate of drug-likeness (QED) is 0.859. The molecule has 2 aromatic rings. The van der Waals surface area contributed by atoms with Crippen LogP contribution in [0.4, 0.5) is 9.18 Å². The lowest BCUT2D eigenvalue weighted by Crippen LogP contribution is -2.38. The summed E-state index contributed by atoms with van der Waals surface area (Å²) in [4.78, 5) is 15.6. The van der Waals surface area contributed by atoms with E-state index in [1.807, 2.05) is 30.3 Å². The van der Waals surface area contributed by atoms with Gasteiger partial charge in [0.2, 0.25) is 0 Å². The van der Waals surface area contributed by atoms with Crippen LogP contribution in [0.1, 0.15) is 17.0 Å². The van der Waals surface area contributed by atoms with Crippen LogP contribution in [0.2, 0.25) is 5.02 Å². The normalized spacial score (nSPS) is 11.7. The molecule has 2 rings (SSSR count). The number of carbonyl (C=O) groups excluding carboxylic acids is 1. The smallest absolute Gasteiger partial charge is 0.314 e. The second kappa shape index (κ2) is 8.34. The fourth-order valence-corrected chi connectivity index (χ4v) is 2.36. The van der Waals surface area contributed by atoms with E-state index in [4.69, 9.17) is 11.6 Å². The van der Waals surface area contributed by atoms with Crippen molar-refractivity contribution in [2.24, 2.45) is 0 Å². The summed E-state index contributed by atoms with van der Waals surface area (Å²) in [6.45, 7) is -0.207. The lowest BCUT2D eigenvalue weighted by Gasteiger charge is -2.19. The maximum atomic E-state index is 12.1. The SMILES string of the molecule is O=C(NCCF)NCC(c1ccncc1)c1cccc(Cl)c1. The minimum absolute atomic E-state index is 0.00290. The van der Waals surface area contributed by atoms with Gasteiger partial charge in [-0.2, -0.15) is 0 Å². The molecule has 0 fully saturated rings. The molecule has 1 heterocycles. The molecule has 116 valence electrons. The van der Waals surface area contributed by atoms with Crippen molar-refractivity contribution in [3.05, 3.63) is 64.9 Å². The molecule has 0 radical (unpaired) electrons. The fourth-order valence-electron chi connectivity index (χ4n) is 2.17. The Labute approximate surface area is 133 Å². The zero-order chi connectivity index (χ0) is 15.8. The number of alkyl halides is 1. The van der Waals surface area contributed by atoms with E-state index in [2.05, 4.69) is 15.6 Å². The Morgan fingerprint density at radius 3 is 2.64 bits per heavy atom. The Morgan fingerprint density at radius 2 is 1.95 bits per heavy atom. The standard InChI is InChI=1S/C16H17ClFN3O/c17-14-3-1-2-13(10-14)15(12-4-7-19-8-5-12)11-21-16(22)20-9-6-18/h1-5,7-8,10,15H,6,9,11H2,(H2,20,21,22). The van der Waals surface area contributed by atoms with Crippen LogP contribution in [0.3, 0.4) is 0 Å². The monoisotopic (exact) mass is 321 g/mol. The van der Waals surface area contributed by atoms with Crippen LogP contribution >= 0.6 is 11.6 Å². The van der Waals surface area contributed by atoms with Crippen LogP contribution < -0.4 is 10.6 Å². The van der Waals surface area contributed by atoms with Crippen LogP contribution in [-0.4, -0.2) is 30.8 Å². The van der Waals surface area contributed by atoms with Crippen molar-refractivity contribution in [3.63, 3.8) is 0 Å². The molecule has 0 aliphatic carbocycles. The maximum Gasteiger partial charge on any atom is 0.314 e. The van der Waals surface area contributed by atoms with E-state index in [9.17, 15) is 9.18 Å². The zero-order valence-corrected chi connectivity index (χ0v) is 12.7. The van der Waals surface area contributed by atoms with E-state index in [1.165, 1.54) is 0 Å². The first-order valence-corrected chi connectivity index (χ1v) is 7.31. The lowest BCUT2D eigenvalue weighted by atomic mass is 9.92. The molecule has 1 atom stereocenters. The minimum Gasteiger partial charge on any atom is -0.337 e. The average molecular weight is 322 g/mol. The van der Waals surface area contributed by atoms with Crippen molar-refractivity contribution in [1.29, 1.82) is 0 Å². The molecule has 4 nitrogen and oxygen atoms in total. The first-order chi connectivity index (χ1) is 10.7. The molecule has 0 aliphatic heterocycles. The summed E-state index contributed by atoms with van der Waals surface area (Å²) in [5.41, 5.74) is 2.01. The number of benzene rings is 1. The third-order valence-corrected chi connectivity index (χ3v) is 3.44. The average Bonchev–Trinajstić information content (AvgIpc) is 2.54. The largest absolute Gasteiger partial charge is 0.337 e. The van der Waals surface area contributed by atoms with Gasteiger partial charge in [-0.15, -0.1) is 0 Å². The molecule has 2 N–H and O–H groups in total. The summed E-state index contributed by atoms with van der Waals surface area (Å²) in [6, 6.07) is 10.9. The van der Waals surface area contributed by atoms with Crippen LogP contribution in [0.25, 0.3) is 0 Å². The maximum absolute atomic E-state index is 12.1. The fraction of sp³-hybridized carbons (Fsp3) is 0.250. The van der Waals surface area contributed by atoms with Gasteiger partial charge in [0, 0.05) is 36.4 Å². The van der Waals surface area contributed by atoms with Gasteiger partial charge in [-0.05, 0) is 35.4 Å². The molecule has 0 saturated heterocycles. The van der Waals surface area contributed by atoms with E-state index in [1.54, 1.807) is 18.5 Å². The summed E-state index contributed by atoms with van der Waals surface area (Å²) in [7, 11) is 0. The second-order valence-electron chi connectivity index (χ2n) is 4.71. The molecule has 0 spiro atoms. The molecule has 1 aromatic heterocycles. The van der Waals surface area contributed by atoms with Gasteiger partial charge in [0.1, 0.15) is 6.67 Å². The van der Waals surface area contributed by atoms with Gasteiger partial charge in [0.05, 0.1) is 0 Å². The van der Waals surface area contributed by atoms with Crippen molar-refractivity contribution in [1.82, 2.24) is 15.6 Å². The van der Waals surface area contributed by atoms with Crippen molar-refractivity contribution in [2.45, 2.75) is 5.92 Å². The predicted molar refractivity (Wildman–Crippen MR) is 84.9 cm³/mol. The molecule has 22 heavy (non-hydrogen) atoms. The summed E-state index contributed by atoms with van der Waals surface area (Å²) >= 11 is 6.05. The molecule has 2 amide bonds. The van der Waals surface area contributed by atoms with Crippen LogP contribution in [0.15, 0.2) is 48.8 Å².